The molecular formula is C28H29NO4. The Morgan fingerprint density at radius 1 is 0.909 bits per heavy atom. The normalized spacial score (nSPS) is 12.9. The second kappa shape index (κ2) is 8.74. The summed E-state index contributed by atoms with van der Waals surface area (Å²) in [5.41, 5.74) is 8.04. The van der Waals surface area contributed by atoms with E-state index in [1.54, 1.807) is 24.3 Å². The van der Waals surface area contributed by atoms with Crippen LogP contribution in [0.1, 0.15) is 83.9 Å². The van der Waals surface area contributed by atoms with Gasteiger partial charge >= 0.3 is 0 Å². The molecule has 3 aromatic rings. The van der Waals surface area contributed by atoms with E-state index in [1.165, 1.54) is 30.9 Å². The number of carbonyl (C=O) groups excluding carboxylic acids is 2. The van der Waals surface area contributed by atoms with Gasteiger partial charge in [-0.3, -0.25) is 9.59 Å². The van der Waals surface area contributed by atoms with Crippen LogP contribution in [0.25, 0.3) is 0 Å². The van der Waals surface area contributed by atoms with Crippen molar-refractivity contribution in [3.05, 3.63) is 82.4 Å². The molecule has 0 atom stereocenters. The Labute approximate surface area is 194 Å². The first-order valence-corrected chi connectivity index (χ1v) is 11.4. The van der Waals surface area contributed by atoms with Gasteiger partial charge in [0.1, 0.15) is 11.5 Å². The molecule has 3 N–H and O–H groups in total. The molecule has 0 fully saturated rings. The molecule has 5 nitrogen and oxygen atoms in total. The van der Waals surface area contributed by atoms with E-state index in [0.717, 1.165) is 6.42 Å². The highest BCUT2D eigenvalue weighted by atomic mass is 16.5. The summed E-state index contributed by atoms with van der Waals surface area (Å²) in [6.07, 6.45) is 4.70. The van der Waals surface area contributed by atoms with Crippen molar-refractivity contribution < 1.29 is 19.4 Å². The number of ketones is 2. The Balaban J connectivity index is 1.64. The summed E-state index contributed by atoms with van der Waals surface area (Å²) in [5, 5.41) is 10.6. The number of benzene rings is 3. The lowest BCUT2D eigenvalue weighted by atomic mass is 9.80. The first kappa shape index (κ1) is 22.6. The van der Waals surface area contributed by atoms with Gasteiger partial charge in [-0.15, -0.1) is 0 Å². The zero-order valence-electron chi connectivity index (χ0n) is 19.3. The molecule has 0 aromatic heterocycles. The molecule has 4 rings (SSSR count). The van der Waals surface area contributed by atoms with Crippen LogP contribution < -0.4 is 10.5 Å². The summed E-state index contributed by atoms with van der Waals surface area (Å²) >= 11 is 0. The van der Waals surface area contributed by atoms with Gasteiger partial charge in [0, 0.05) is 17.2 Å². The molecule has 3 aromatic carbocycles. The number of nitrogens with two attached hydrogens (primary N) is 1. The predicted octanol–water partition coefficient (Wildman–Crippen LogP) is 6.40. The number of phenols is 1. The van der Waals surface area contributed by atoms with Gasteiger partial charge in [-0.05, 0) is 29.5 Å². The summed E-state index contributed by atoms with van der Waals surface area (Å²) in [7, 11) is 0. The van der Waals surface area contributed by atoms with Crippen LogP contribution >= 0.6 is 0 Å². The number of rotatable bonds is 7. The maximum atomic E-state index is 13.1. The number of unbranched alkanes of at least 4 members (excludes halogenated alkanes) is 2. The van der Waals surface area contributed by atoms with Crippen molar-refractivity contribution >= 4 is 17.3 Å². The molecule has 0 aliphatic heterocycles. The van der Waals surface area contributed by atoms with Gasteiger partial charge in [0.05, 0.1) is 16.8 Å². The average Bonchev–Trinajstić information content (AvgIpc) is 2.80. The molecule has 1 aliphatic carbocycles. The summed E-state index contributed by atoms with van der Waals surface area (Å²) in [4.78, 5) is 26.0. The van der Waals surface area contributed by atoms with Crippen molar-refractivity contribution in [3.8, 4) is 17.2 Å². The highest BCUT2D eigenvalue weighted by Gasteiger charge is 2.35. The minimum Gasteiger partial charge on any atom is -0.507 e. The molecule has 0 heterocycles. The second-order valence-electron chi connectivity index (χ2n) is 9.23. The Morgan fingerprint density at radius 2 is 1.52 bits per heavy atom. The van der Waals surface area contributed by atoms with E-state index in [2.05, 4.69) is 20.8 Å². The van der Waals surface area contributed by atoms with Crippen LogP contribution in [0.5, 0.6) is 17.2 Å². The van der Waals surface area contributed by atoms with Crippen molar-refractivity contribution in [3.63, 3.8) is 0 Å². The number of anilines is 1. The summed E-state index contributed by atoms with van der Waals surface area (Å²) < 4.78 is 5.95. The fourth-order valence-corrected chi connectivity index (χ4v) is 4.42. The number of ether oxygens (including phenoxy) is 1. The molecule has 33 heavy (non-hydrogen) atoms. The molecule has 0 radical (unpaired) electrons. The van der Waals surface area contributed by atoms with Gasteiger partial charge in [0.15, 0.2) is 17.3 Å². The number of carbonyl (C=O) groups is 2. The summed E-state index contributed by atoms with van der Waals surface area (Å²) in [6, 6.07) is 15.6. The molecule has 5 heteroatoms. The fraction of sp³-hybridized carbons (Fsp3) is 0.286. The lowest BCUT2D eigenvalue weighted by Gasteiger charge is -2.25. The van der Waals surface area contributed by atoms with Crippen LogP contribution in [-0.2, 0) is 5.41 Å². The van der Waals surface area contributed by atoms with E-state index in [4.69, 9.17) is 10.5 Å². The number of phenolic OH excluding ortho intramolecular Hbond substituents is 1. The van der Waals surface area contributed by atoms with Gasteiger partial charge in [-0.25, -0.2) is 0 Å². The molecule has 1 aliphatic rings. The summed E-state index contributed by atoms with van der Waals surface area (Å²) in [6.45, 7) is 6.67. The Kier molecular flexibility index (Phi) is 5.98. The van der Waals surface area contributed by atoms with E-state index < -0.39 is 11.6 Å². The maximum Gasteiger partial charge on any atom is 0.198 e. The third-order valence-corrected chi connectivity index (χ3v) is 6.45. The van der Waals surface area contributed by atoms with Crippen LogP contribution in [0, 0.1) is 0 Å². The molecular weight excluding hydrogens is 414 g/mol. The molecule has 170 valence electrons. The third-order valence-electron chi connectivity index (χ3n) is 6.45. The first-order chi connectivity index (χ1) is 15.7. The monoisotopic (exact) mass is 443 g/mol. The molecule has 0 saturated heterocycles. The van der Waals surface area contributed by atoms with Gasteiger partial charge < -0.3 is 15.6 Å². The standard InChI is InChI=1S/C28H29NO4/c1-4-5-8-15-28(2,3)17-11-13-18(14-12-17)33-22-16-21(30)23-24(25(22)29)27(32)20-10-7-6-9-19(20)26(23)31/h6-7,9-14,16,30H,4-5,8,15,29H2,1-3H3. The van der Waals surface area contributed by atoms with E-state index in [-0.39, 0.29) is 44.9 Å². The van der Waals surface area contributed by atoms with Crippen LogP contribution in [-0.4, -0.2) is 16.7 Å². The zero-order chi connectivity index (χ0) is 23.8. The van der Waals surface area contributed by atoms with Gasteiger partial charge in [0.2, 0.25) is 0 Å². The quantitative estimate of drug-likeness (QED) is 0.196. The van der Waals surface area contributed by atoms with Crippen LogP contribution in [0.2, 0.25) is 0 Å². The van der Waals surface area contributed by atoms with E-state index >= 15 is 0 Å². The van der Waals surface area contributed by atoms with Crippen molar-refractivity contribution in [2.45, 2.75) is 51.9 Å². The maximum absolute atomic E-state index is 13.1. The largest absolute Gasteiger partial charge is 0.507 e. The van der Waals surface area contributed by atoms with Crippen LogP contribution in [0.3, 0.4) is 0 Å². The van der Waals surface area contributed by atoms with Crippen molar-refractivity contribution in [2.75, 3.05) is 5.73 Å². The molecule has 0 amide bonds. The van der Waals surface area contributed by atoms with Crippen LogP contribution in [0.4, 0.5) is 5.69 Å². The topological polar surface area (TPSA) is 89.6 Å². The predicted molar refractivity (Wildman–Crippen MR) is 130 cm³/mol. The molecule has 0 spiro atoms. The Bertz CT molecular complexity index is 1230. The highest BCUT2D eigenvalue weighted by Crippen LogP contribution is 2.42. The average molecular weight is 444 g/mol. The lowest BCUT2D eigenvalue weighted by molar-refractivity contribution is 0.0977. The van der Waals surface area contributed by atoms with E-state index in [0.29, 0.717) is 5.75 Å². The van der Waals surface area contributed by atoms with Crippen molar-refractivity contribution in [2.24, 2.45) is 0 Å². The number of aromatic hydroxyl groups is 1. The minimum atomic E-state index is -0.425. The smallest absolute Gasteiger partial charge is 0.198 e. The van der Waals surface area contributed by atoms with Gasteiger partial charge in [-0.2, -0.15) is 0 Å². The van der Waals surface area contributed by atoms with Gasteiger partial charge in [0.25, 0.3) is 0 Å². The van der Waals surface area contributed by atoms with E-state index in [9.17, 15) is 14.7 Å². The number of hydrogen-bond donors (Lipinski definition) is 2. The van der Waals surface area contributed by atoms with Crippen molar-refractivity contribution in [1.82, 2.24) is 0 Å². The zero-order valence-corrected chi connectivity index (χ0v) is 19.3. The second-order valence-corrected chi connectivity index (χ2v) is 9.23. The number of nitrogen functional groups attached to an aromatic ring is 1. The van der Waals surface area contributed by atoms with Gasteiger partial charge in [-0.1, -0.05) is 76.4 Å². The molecule has 0 unspecified atom stereocenters. The minimum absolute atomic E-state index is 0.0117. The number of hydrogen-bond acceptors (Lipinski definition) is 5. The van der Waals surface area contributed by atoms with Crippen molar-refractivity contribution in [1.29, 1.82) is 0 Å². The highest BCUT2D eigenvalue weighted by molar-refractivity contribution is 6.31. The molecule has 0 bridgehead atoms. The SMILES string of the molecule is CCCCCC(C)(C)c1ccc(Oc2cc(O)c3c(c2N)C(=O)c2ccccc2C3=O)cc1. The van der Waals surface area contributed by atoms with Crippen LogP contribution in [0.15, 0.2) is 54.6 Å². The Morgan fingerprint density at radius 3 is 2.12 bits per heavy atom. The lowest BCUT2D eigenvalue weighted by Crippen LogP contribution is -2.22. The molecule has 0 saturated carbocycles. The first-order valence-electron chi connectivity index (χ1n) is 11.4. The number of fused-ring (bicyclic) bond motifs is 2. The summed E-state index contributed by atoms with van der Waals surface area (Å²) in [5.74, 6) is -0.477. The fourth-order valence-electron chi connectivity index (χ4n) is 4.42. The Hall–Kier alpha value is -3.60. The third kappa shape index (κ3) is 4.11. The van der Waals surface area contributed by atoms with E-state index in [1.807, 2.05) is 24.3 Å².